The van der Waals surface area contributed by atoms with E-state index in [1.165, 1.54) is 6.92 Å². The van der Waals surface area contributed by atoms with Gasteiger partial charge in [0.2, 0.25) is 0 Å². The molecule has 0 aromatic heterocycles. The number of halogens is 1. The van der Waals surface area contributed by atoms with Crippen LogP contribution in [0, 0.1) is 5.92 Å². The maximum absolute atomic E-state index is 11.6. The molecule has 80 valence electrons. The van der Waals surface area contributed by atoms with Gasteiger partial charge in [-0.3, -0.25) is 9.59 Å². The highest BCUT2D eigenvalue weighted by atomic mass is 79.9. The van der Waals surface area contributed by atoms with Crippen molar-refractivity contribution in [3.05, 3.63) is 34.3 Å². The molecule has 0 amide bonds. The molecule has 1 aromatic rings. The summed E-state index contributed by atoms with van der Waals surface area (Å²) in [7, 11) is 0. The monoisotopic (exact) mass is 270 g/mol. The van der Waals surface area contributed by atoms with Crippen molar-refractivity contribution in [3.8, 4) is 0 Å². The molecule has 4 heteroatoms. The van der Waals surface area contributed by atoms with E-state index in [2.05, 4.69) is 15.9 Å². The van der Waals surface area contributed by atoms with Gasteiger partial charge in [-0.25, -0.2) is 0 Å². The van der Waals surface area contributed by atoms with E-state index in [0.29, 0.717) is 5.56 Å². The van der Waals surface area contributed by atoms with Crippen molar-refractivity contribution in [3.63, 3.8) is 0 Å². The van der Waals surface area contributed by atoms with Gasteiger partial charge in [-0.2, -0.15) is 0 Å². The van der Waals surface area contributed by atoms with Crippen LogP contribution in [0.4, 0.5) is 0 Å². The number of Topliss-reactive ketones (excluding diaryl/α,β-unsaturated/α-hetero) is 1. The van der Waals surface area contributed by atoms with Crippen LogP contribution in [0.2, 0.25) is 0 Å². The van der Waals surface area contributed by atoms with Gasteiger partial charge in [-0.1, -0.05) is 35.0 Å². The van der Waals surface area contributed by atoms with Crippen molar-refractivity contribution >= 4 is 27.7 Å². The van der Waals surface area contributed by atoms with Gasteiger partial charge in [0.05, 0.1) is 5.92 Å². The Bertz CT molecular complexity index is 370. The van der Waals surface area contributed by atoms with Crippen LogP contribution in [-0.2, 0) is 4.79 Å². The largest absolute Gasteiger partial charge is 0.481 e. The van der Waals surface area contributed by atoms with Crippen LogP contribution in [-0.4, -0.2) is 16.9 Å². The SMILES string of the molecule is CC(CC(=O)c1ccc(Br)cc1)C(=O)O. The summed E-state index contributed by atoms with van der Waals surface area (Å²) in [5.74, 6) is -1.72. The second-order valence-electron chi connectivity index (χ2n) is 3.37. The van der Waals surface area contributed by atoms with Gasteiger partial charge in [0.15, 0.2) is 5.78 Å². The Hall–Kier alpha value is -1.16. The van der Waals surface area contributed by atoms with E-state index >= 15 is 0 Å². The molecule has 0 aliphatic heterocycles. The fraction of sp³-hybridized carbons (Fsp3) is 0.273. The Kier molecular flexibility index (Phi) is 4.03. The standard InChI is InChI=1S/C11H11BrO3/c1-7(11(14)15)6-10(13)8-2-4-9(12)5-3-8/h2-5,7H,6H2,1H3,(H,14,15). The number of benzene rings is 1. The summed E-state index contributed by atoms with van der Waals surface area (Å²) < 4.78 is 0.894. The summed E-state index contributed by atoms with van der Waals surface area (Å²) >= 11 is 3.26. The topological polar surface area (TPSA) is 54.4 Å². The minimum atomic E-state index is -0.944. The smallest absolute Gasteiger partial charge is 0.306 e. The summed E-state index contributed by atoms with van der Waals surface area (Å²) in [6.45, 7) is 1.53. The van der Waals surface area contributed by atoms with Gasteiger partial charge in [0, 0.05) is 16.5 Å². The predicted molar refractivity (Wildman–Crippen MR) is 59.9 cm³/mol. The van der Waals surface area contributed by atoms with Gasteiger partial charge in [-0.15, -0.1) is 0 Å². The van der Waals surface area contributed by atoms with Gasteiger partial charge in [0.25, 0.3) is 0 Å². The zero-order chi connectivity index (χ0) is 11.4. The Labute approximate surface area is 96.2 Å². The molecule has 15 heavy (non-hydrogen) atoms. The minimum absolute atomic E-state index is 0.0387. The lowest BCUT2D eigenvalue weighted by atomic mass is 10.0. The van der Waals surface area contributed by atoms with E-state index in [0.717, 1.165) is 4.47 Å². The van der Waals surface area contributed by atoms with E-state index in [4.69, 9.17) is 5.11 Å². The lowest BCUT2D eigenvalue weighted by Crippen LogP contribution is -2.14. The molecule has 0 aliphatic carbocycles. The Morgan fingerprint density at radius 1 is 1.33 bits per heavy atom. The van der Waals surface area contributed by atoms with Crippen molar-refractivity contribution < 1.29 is 14.7 Å². The van der Waals surface area contributed by atoms with E-state index in [1.54, 1.807) is 24.3 Å². The van der Waals surface area contributed by atoms with Gasteiger partial charge >= 0.3 is 5.97 Å². The number of carbonyl (C=O) groups is 2. The maximum Gasteiger partial charge on any atom is 0.306 e. The van der Waals surface area contributed by atoms with Crippen molar-refractivity contribution in [2.75, 3.05) is 0 Å². The molecule has 1 N–H and O–H groups in total. The average Bonchev–Trinajstić information content (AvgIpc) is 2.18. The Balaban J connectivity index is 2.69. The van der Waals surface area contributed by atoms with Gasteiger partial charge in [0.1, 0.15) is 0 Å². The van der Waals surface area contributed by atoms with E-state index in [9.17, 15) is 9.59 Å². The number of aliphatic carboxylic acids is 1. The van der Waals surface area contributed by atoms with Crippen LogP contribution >= 0.6 is 15.9 Å². The zero-order valence-electron chi connectivity index (χ0n) is 8.24. The second-order valence-corrected chi connectivity index (χ2v) is 4.29. The number of ketones is 1. The highest BCUT2D eigenvalue weighted by Crippen LogP contribution is 2.14. The molecule has 0 bridgehead atoms. The first-order valence-electron chi connectivity index (χ1n) is 4.52. The second kappa shape index (κ2) is 5.07. The van der Waals surface area contributed by atoms with E-state index in [-0.39, 0.29) is 12.2 Å². The third kappa shape index (κ3) is 3.47. The molecule has 0 heterocycles. The summed E-state index contributed by atoms with van der Waals surface area (Å²) in [4.78, 5) is 22.2. The Morgan fingerprint density at radius 3 is 2.33 bits per heavy atom. The van der Waals surface area contributed by atoms with E-state index in [1.807, 2.05) is 0 Å². The van der Waals surface area contributed by atoms with Crippen LogP contribution in [0.15, 0.2) is 28.7 Å². The third-order valence-corrected chi connectivity index (χ3v) is 2.61. The molecule has 0 fully saturated rings. The highest BCUT2D eigenvalue weighted by molar-refractivity contribution is 9.10. The molecule has 0 saturated heterocycles. The quantitative estimate of drug-likeness (QED) is 0.856. The first kappa shape index (κ1) is 11.9. The molecule has 3 nitrogen and oxygen atoms in total. The minimum Gasteiger partial charge on any atom is -0.481 e. The first-order chi connectivity index (χ1) is 7.00. The van der Waals surface area contributed by atoms with Gasteiger partial charge in [-0.05, 0) is 12.1 Å². The van der Waals surface area contributed by atoms with Crippen molar-refractivity contribution in [2.24, 2.45) is 5.92 Å². The van der Waals surface area contributed by atoms with Crippen LogP contribution < -0.4 is 0 Å². The van der Waals surface area contributed by atoms with Crippen LogP contribution in [0.3, 0.4) is 0 Å². The van der Waals surface area contributed by atoms with Crippen LogP contribution in [0.5, 0.6) is 0 Å². The fourth-order valence-corrected chi connectivity index (χ4v) is 1.38. The molecule has 1 unspecified atom stereocenters. The van der Waals surface area contributed by atoms with Crippen LogP contribution in [0.1, 0.15) is 23.7 Å². The van der Waals surface area contributed by atoms with E-state index < -0.39 is 11.9 Å². The number of carboxylic acid groups (broad SMARTS) is 1. The normalized spacial score (nSPS) is 12.1. The molecule has 0 saturated carbocycles. The number of hydrogen-bond acceptors (Lipinski definition) is 2. The number of hydrogen-bond donors (Lipinski definition) is 1. The molecule has 0 radical (unpaired) electrons. The lowest BCUT2D eigenvalue weighted by molar-refractivity contribution is -0.141. The molecular formula is C11H11BrO3. The zero-order valence-corrected chi connectivity index (χ0v) is 9.82. The van der Waals surface area contributed by atoms with Crippen molar-refractivity contribution in [2.45, 2.75) is 13.3 Å². The molecule has 1 aromatic carbocycles. The molecular weight excluding hydrogens is 260 g/mol. The molecule has 0 aliphatic rings. The van der Waals surface area contributed by atoms with Gasteiger partial charge < -0.3 is 5.11 Å². The summed E-state index contributed by atoms with van der Waals surface area (Å²) in [5.41, 5.74) is 0.548. The maximum atomic E-state index is 11.6. The average molecular weight is 271 g/mol. The summed E-state index contributed by atoms with van der Waals surface area (Å²) in [6, 6.07) is 6.89. The van der Waals surface area contributed by atoms with Crippen LogP contribution in [0.25, 0.3) is 0 Å². The molecule has 0 spiro atoms. The first-order valence-corrected chi connectivity index (χ1v) is 5.31. The number of carboxylic acids is 1. The predicted octanol–water partition coefficient (Wildman–Crippen LogP) is 2.74. The summed E-state index contributed by atoms with van der Waals surface area (Å²) in [6.07, 6.45) is 0.0387. The number of carbonyl (C=O) groups excluding carboxylic acids is 1. The van der Waals surface area contributed by atoms with Crippen molar-refractivity contribution in [1.29, 1.82) is 0 Å². The van der Waals surface area contributed by atoms with Crippen molar-refractivity contribution in [1.82, 2.24) is 0 Å². The summed E-state index contributed by atoms with van der Waals surface area (Å²) in [5, 5.41) is 8.66. The number of rotatable bonds is 4. The fourth-order valence-electron chi connectivity index (χ4n) is 1.12. The molecule has 1 atom stereocenters. The highest BCUT2D eigenvalue weighted by Gasteiger charge is 2.16. The molecule has 1 rings (SSSR count). The lowest BCUT2D eigenvalue weighted by Gasteiger charge is -2.04. The Morgan fingerprint density at radius 2 is 1.87 bits per heavy atom. The third-order valence-electron chi connectivity index (χ3n) is 2.08.